The lowest BCUT2D eigenvalue weighted by molar-refractivity contribution is -0.157. The number of carbonyl (C=O) groups is 1. The van der Waals surface area contributed by atoms with E-state index in [0.717, 1.165) is 0 Å². The Morgan fingerprint density at radius 3 is 2.71 bits per heavy atom. The molecule has 21 heavy (non-hydrogen) atoms. The number of ether oxygens (including phenoxy) is 2. The number of rotatable bonds is 3. The third kappa shape index (κ3) is 3.10. The number of hydrogen-bond acceptors (Lipinski definition) is 4. The minimum absolute atomic E-state index is 0.0339. The third-order valence-corrected chi connectivity index (χ3v) is 4.37. The highest BCUT2D eigenvalue weighted by molar-refractivity contribution is 5.81. The van der Waals surface area contributed by atoms with Crippen molar-refractivity contribution in [3.05, 3.63) is 35.9 Å². The molecule has 0 aliphatic carbocycles. The number of amides is 1. The standard InChI is InChI=1S/C16H22N2O3/c17-8-13-9-18(16(19)15-11-20-6-7-21-15)10-14(13)12-4-2-1-3-5-12/h1-5,13-15H,6-11,17H2/t13-,14+,15?/m1/s1. The Hall–Kier alpha value is -1.43. The zero-order valence-electron chi connectivity index (χ0n) is 12.1. The average Bonchev–Trinajstić information content (AvgIpc) is 3.00. The predicted octanol–water partition coefficient (Wildman–Crippen LogP) is 0.603. The van der Waals surface area contributed by atoms with Crippen molar-refractivity contribution in [3.8, 4) is 0 Å². The fourth-order valence-electron chi connectivity index (χ4n) is 3.20. The molecule has 2 N–H and O–H groups in total. The SMILES string of the molecule is NC[C@@H]1CN(C(=O)C2COCCO2)C[C@H]1c1ccccc1. The smallest absolute Gasteiger partial charge is 0.254 e. The summed E-state index contributed by atoms with van der Waals surface area (Å²) in [6.45, 7) is 3.43. The summed E-state index contributed by atoms with van der Waals surface area (Å²) >= 11 is 0. The van der Waals surface area contributed by atoms with E-state index in [0.29, 0.717) is 51.3 Å². The number of hydrogen-bond donors (Lipinski definition) is 1. The van der Waals surface area contributed by atoms with Crippen molar-refractivity contribution in [2.75, 3.05) is 39.5 Å². The molecule has 1 unspecified atom stereocenters. The summed E-state index contributed by atoms with van der Waals surface area (Å²) in [5, 5.41) is 0. The lowest BCUT2D eigenvalue weighted by atomic mass is 9.89. The minimum Gasteiger partial charge on any atom is -0.376 e. The normalized spacial score (nSPS) is 29.6. The summed E-state index contributed by atoms with van der Waals surface area (Å²) in [6.07, 6.45) is -0.452. The van der Waals surface area contributed by atoms with Gasteiger partial charge in [-0.1, -0.05) is 30.3 Å². The first-order valence-corrected chi connectivity index (χ1v) is 7.52. The van der Waals surface area contributed by atoms with Crippen molar-refractivity contribution >= 4 is 5.91 Å². The Morgan fingerprint density at radius 1 is 1.24 bits per heavy atom. The second-order valence-electron chi connectivity index (χ2n) is 5.69. The maximum absolute atomic E-state index is 12.5. The van der Waals surface area contributed by atoms with Gasteiger partial charge in [-0.2, -0.15) is 0 Å². The molecule has 0 spiro atoms. The molecule has 3 rings (SSSR count). The topological polar surface area (TPSA) is 64.8 Å². The van der Waals surface area contributed by atoms with Crippen LogP contribution >= 0.6 is 0 Å². The van der Waals surface area contributed by atoms with Crippen molar-refractivity contribution in [1.29, 1.82) is 0 Å². The van der Waals surface area contributed by atoms with E-state index >= 15 is 0 Å². The summed E-state index contributed by atoms with van der Waals surface area (Å²) < 4.78 is 10.8. The van der Waals surface area contributed by atoms with Gasteiger partial charge < -0.3 is 20.1 Å². The van der Waals surface area contributed by atoms with Gasteiger partial charge in [-0.05, 0) is 18.0 Å². The maximum Gasteiger partial charge on any atom is 0.254 e. The lowest BCUT2D eigenvalue weighted by Gasteiger charge is -2.26. The van der Waals surface area contributed by atoms with Gasteiger partial charge in [0, 0.05) is 19.0 Å². The maximum atomic E-state index is 12.5. The van der Waals surface area contributed by atoms with E-state index in [1.54, 1.807) is 0 Å². The molecule has 2 fully saturated rings. The highest BCUT2D eigenvalue weighted by Crippen LogP contribution is 2.32. The van der Waals surface area contributed by atoms with Gasteiger partial charge >= 0.3 is 0 Å². The van der Waals surface area contributed by atoms with Gasteiger partial charge in [0.1, 0.15) is 0 Å². The van der Waals surface area contributed by atoms with Gasteiger partial charge in [-0.15, -0.1) is 0 Å². The van der Waals surface area contributed by atoms with Crippen LogP contribution in [0.15, 0.2) is 30.3 Å². The first-order chi connectivity index (χ1) is 10.3. The summed E-state index contributed by atoms with van der Waals surface area (Å²) in [5.74, 6) is 0.650. The van der Waals surface area contributed by atoms with E-state index in [-0.39, 0.29) is 5.91 Å². The van der Waals surface area contributed by atoms with E-state index in [1.165, 1.54) is 5.56 Å². The molecule has 2 heterocycles. The summed E-state index contributed by atoms with van der Waals surface area (Å²) in [6, 6.07) is 10.3. The van der Waals surface area contributed by atoms with Crippen LogP contribution < -0.4 is 5.73 Å². The molecule has 5 heteroatoms. The molecule has 2 aliphatic heterocycles. The summed E-state index contributed by atoms with van der Waals surface area (Å²) in [5.41, 5.74) is 7.16. The van der Waals surface area contributed by atoms with Crippen LogP contribution in [0.3, 0.4) is 0 Å². The molecule has 0 aromatic heterocycles. The van der Waals surface area contributed by atoms with Crippen molar-refractivity contribution in [1.82, 2.24) is 4.90 Å². The van der Waals surface area contributed by atoms with Crippen molar-refractivity contribution in [2.45, 2.75) is 12.0 Å². The van der Waals surface area contributed by atoms with E-state index in [4.69, 9.17) is 15.2 Å². The van der Waals surface area contributed by atoms with Gasteiger partial charge in [-0.25, -0.2) is 0 Å². The average molecular weight is 290 g/mol. The van der Waals surface area contributed by atoms with Crippen molar-refractivity contribution in [2.24, 2.45) is 11.7 Å². The Kier molecular flexibility index (Phi) is 4.53. The van der Waals surface area contributed by atoms with Crippen LogP contribution in [-0.2, 0) is 14.3 Å². The molecule has 0 saturated carbocycles. The van der Waals surface area contributed by atoms with Crippen LogP contribution in [0, 0.1) is 5.92 Å². The highest BCUT2D eigenvalue weighted by Gasteiger charge is 2.38. The molecule has 1 aromatic carbocycles. The lowest BCUT2D eigenvalue weighted by Crippen LogP contribution is -2.44. The van der Waals surface area contributed by atoms with Gasteiger partial charge in [-0.3, -0.25) is 4.79 Å². The van der Waals surface area contributed by atoms with Crippen molar-refractivity contribution < 1.29 is 14.3 Å². The molecule has 0 bridgehead atoms. The number of nitrogens with two attached hydrogens (primary N) is 1. The fourth-order valence-corrected chi connectivity index (χ4v) is 3.20. The van der Waals surface area contributed by atoms with Crippen LogP contribution in [0.2, 0.25) is 0 Å². The molecule has 1 aromatic rings. The Balaban J connectivity index is 1.70. The number of likely N-dealkylation sites (tertiary alicyclic amines) is 1. The molecular formula is C16H22N2O3. The number of carbonyl (C=O) groups excluding carboxylic acids is 1. The van der Waals surface area contributed by atoms with E-state index in [1.807, 2.05) is 23.1 Å². The van der Waals surface area contributed by atoms with Gasteiger partial charge in [0.05, 0.1) is 19.8 Å². The summed E-state index contributed by atoms with van der Waals surface area (Å²) in [7, 11) is 0. The van der Waals surface area contributed by atoms with Crippen LogP contribution in [-0.4, -0.2) is 56.4 Å². The second-order valence-corrected chi connectivity index (χ2v) is 5.69. The zero-order valence-corrected chi connectivity index (χ0v) is 12.1. The molecular weight excluding hydrogens is 268 g/mol. The van der Waals surface area contributed by atoms with Gasteiger partial charge in [0.2, 0.25) is 0 Å². The van der Waals surface area contributed by atoms with Crippen molar-refractivity contribution in [3.63, 3.8) is 0 Å². The largest absolute Gasteiger partial charge is 0.376 e. The third-order valence-electron chi connectivity index (χ3n) is 4.37. The fraction of sp³-hybridized carbons (Fsp3) is 0.562. The zero-order chi connectivity index (χ0) is 14.7. The predicted molar refractivity (Wildman–Crippen MR) is 78.9 cm³/mol. The van der Waals surface area contributed by atoms with E-state index in [2.05, 4.69) is 12.1 Å². The molecule has 1 amide bonds. The molecule has 2 saturated heterocycles. The number of benzene rings is 1. The molecule has 3 atom stereocenters. The van der Waals surface area contributed by atoms with Crippen LogP contribution in [0.25, 0.3) is 0 Å². The van der Waals surface area contributed by atoms with E-state index < -0.39 is 6.10 Å². The van der Waals surface area contributed by atoms with Gasteiger partial charge in [0.15, 0.2) is 6.10 Å². The molecule has 114 valence electrons. The monoisotopic (exact) mass is 290 g/mol. The Morgan fingerprint density at radius 2 is 2.05 bits per heavy atom. The van der Waals surface area contributed by atoms with Crippen LogP contribution in [0.5, 0.6) is 0 Å². The van der Waals surface area contributed by atoms with Gasteiger partial charge in [0.25, 0.3) is 5.91 Å². The molecule has 5 nitrogen and oxygen atoms in total. The quantitative estimate of drug-likeness (QED) is 0.885. The molecule has 2 aliphatic rings. The molecule has 0 radical (unpaired) electrons. The highest BCUT2D eigenvalue weighted by atomic mass is 16.6. The Labute approximate surface area is 125 Å². The first-order valence-electron chi connectivity index (χ1n) is 7.52. The first kappa shape index (κ1) is 14.5. The summed E-state index contributed by atoms with van der Waals surface area (Å²) in [4.78, 5) is 14.4. The minimum atomic E-state index is -0.452. The van der Waals surface area contributed by atoms with E-state index in [9.17, 15) is 4.79 Å². The second kappa shape index (κ2) is 6.56. The number of nitrogens with zero attached hydrogens (tertiary/aromatic N) is 1. The van der Waals surface area contributed by atoms with Crippen LogP contribution in [0.1, 0.15) is 11.5 Å². The Bertz CT molecular complexity index is 474. The van der Waals surface area contributed by atoms with Crippen LogP contribution in [0.4, 0.5) is 0 Å².